The van der Waals surface area contributed by atoms with Crippen LogP contribution in [0.3, 0.4) is 0 Å². The molecule has 2 aromatic heterocycles. The molecule has 0 radical (unpaired) electrons. The van der Waals surface area contributed by atoms with Crippen molar-refractivity contribution in [3.8, 4) is 11.1 Å². The Bertz CT molecular complexity index is 2290. The normalized spacial score (nSPS) is 22.7. The van der Waals surface area contributed by atoms with E-state index in [0.29, 0.717) is 47.2 Å². The number of rotatable bonds is 7. The monoisotopic (exact) mass is 753 g/mol. The molecule has 0 atom stereocenters. The number of para-hydroxylation sites is 1. The number of aromatic nitrogens is 2. The highest BCUT2D eigenvalue weighted by Crippen LogP contribution is 2.55. The number of thiazole rings is 1. The molecule has 2 amide bonds. The second-order valence-electron chi connectivity index (χ2n) is 17.3. The third-order valence-corrected chi connectivity index (χ3v) is 13.1. The molecule has 1 aliphatic heterocycles. The van der Waals surface area contributed by atoms with Crippen LogP contribution in [0.15, 0.2) is 72.8 Å². The lowest BCUT2D eigenvalue weighted by Crippen LogP contribution is -2.59. The van der Waals surface area contributed by atoms with E-state index in [2.05, 4.69) is 26.6 Å². The Kier molecular flexibility index (Phi) is 8.79. The van der Waals surface area contributed by atoms with Crippen LogP contribution in [0.25, 0.3) is 21.3 Å². The molecule has 3 aromatic carbocycles. The lowest BCUT2D eigenvalue weighted by atomic mass is 9.53. The Hall–Kier alpha value is -5.09. The molecule has 4 bridgehead atoms. The number of benzene rings is 3. The van der Waals surface area contributed by atoms with Gasteiger partial charge in [-0.15, -0.1) is 0 Å². The molecule has 4 saturated carbocycles. The summed E-state index contributed by atoms with van der Waals surface area (Å²) in [5, 5.41) is 7.12. The highest BCUT2D eigenvalue weighted by molar-refractivity contribution is 7.22. The Balaban J connectivity index is 1.01. The van der Waals surface area contributed by atoms with Crippen molar-refractivity contribution in [2.24, 2.45) is 17.8 Å². The average Bonchev–Trinajstić information content (AvgIpc) is 3.55. The minimum atomic E-state index is -0.740. The van der Waals surface area contributed by atoms with Crippen LogP contribution < -0.4 is 15.5 Å². The molecule has 4 aliphatic carbocycles. The molecule has 4 fully saturated rings. The Morgan fingerprint density at radius 3 is 2.25 bits per heavy atom. The molecule has 5 aliphatic rings. The molecule has 5 aromatic rings. The predicted octanol–water partition coefficient (Wildman–Crippen LogP) is 9.14. The topological polar surface area (TPSA) is 114 Å². The number of nitrogens with zero attached hydrogens (tertiary/aromatic N) is 3. The standard InChI is InChI=1S/C45H47N5O4S/c1-26-31(10-8-11-32(26)41(52)49-45-22-27-19-28(23-45)21-29(20-27)24-45)33-15-16-38(47-39(33)42(53)54-44(2,3)4)50-18-17-30-9-7-12-34(35(30)25-50)40(51)48-43-46-36-13-5-6-14-37(36)55-43/h5-16,27-29H,17-25H2,1-4H3,(H,49,52)(H,46,48,51). The van der Waals surface area contributed by atoms with Gasteiger partial charge < -0.3 is 15.0 Å². The van der Waals surface area contributed by atoms with Crippen molar-refractivity contribution < 1.29 is 19.1 Å². The van der Waals surface area contributed by atoms with Crippen LogP contribution in [0, 0.1) is 24.7 Å². The fraction of sp³-hybridized carbons (Fsp3) is 0.400. The summed E-state index contributed by atoms with van der Waals surface area (Å²) in [5.41, 5.74) is 5.63. The van der Waals surface area contributed by atoms with E-state index in [-0.39, 0.29) is 23.0 Å². The maximum absolute atomic E-state index is 14.1. The zero-order valence-electron chi connectivity index (χ0n) is 31.9. The van der Waals surface area contributed by atoms with Gasteiger partial charge in [0.25, 0.3) is 11.8 Å². The maximum atomic E-state index is 14.1. The van der Waals surface area contributed by atoms with E-state index < -0.39 is 11.6 Å². The number of pyridine rings is 1. The number of carbonyl (C=O) groups excluding carboxylic acids is 3. The van der Waals surface area contributed by atoms with Crippen molar-refractivity contribution in [2.45, 2.75) is 90.3 Å². The smallest absolute Gasteiger partial charge is 0.358 e. The van der Waals surface area contributed by atoms with Gasteiger partial charge in [-0.3, -0.25) is 14.9 Å². The number of amides is 2. The van der Waals surface area contributed by atoms with Crippen LogP contribution in [0.2, 0.25) is 0 Å². The van der Waals surface area contributed by atoms with E-state index in [0.717, 1.165) is 69.5 Å². The van der Waals surface area contributed by atoms with Crippen molar-refractivity contribution in [3.05, 3.63) is 106 Å². The summed E-state index contributed by atoms with van der Waals surface area (Å²) in [4.78, 5) is 53.5. The summed E-state index contributed by atoms with van der Waals surface area (Å²) in [6.45, 7) is 8.60. The van der Waals surface area contributed by atoms with Gasteiger partial charge >= 0.3 is 5.97 Å². The third kappa shape index (κ3) is 6.90. The van der Waals surface area contributed by atoms with Crippen LogP contribution in [-0.4, -0.2) is 45.4 Å². The van der Waals surface area contributed by atoms with Gasteiger partial charge in [0.15, 0.2) is 10.8 Å². The Morgan fingerprint density at radius 1 is 0.818 bits per heavy atom. The van der Waals surface area contributed by atoms with Gasteiger partial charge in [-0.05, 0) is 149 Å². The van der Waals surface area contributed by atoms with Gasteiger partial charge in [-0.2, -0.15) is 0 Å². The van der Waals surface area contributed by atoms with Crippen LogP contribution in [0.4, 0.5) is 10.9 Å². The van der Waals surface area contributed by atoms with E-state index in [1.54, 1.807) is 0 Å². The predicted molar refractivity (Wildman–Crippen MR) is 217 cm³/mol. The minimum absolute atomic E-state index is 0.0420. The summed E-state index contributed by atoms with van der Waals surface area (Å²) in [7, 11) is 0. The van der Waals surface area contributed by atoms with E-state index in [1.807, 2.05) is 94.4 Å². The average molecular weight is 754 g/mol. The number of anilines is 2. The highest BCUT2D eigenvalue weighted by Gasteiger charge is 2.51. The van der Waals surface area contributed by atoms with Gasteiger partial charge in [0, 0.05) is 35.3 Å². The first-order valence-electron chi connectivity index (χ1n) is 19.6. The first-order chi connectivity index (χ1) is 26.4. The first-order valence-corrected chi connectivity index (χ1v) is 20.4. The number of esters is 1. The van der Waals surface area contributed by atoms with Gasteiger partial charge in [0.1, 0.15) is 11.4 Å². The molecule has 2 N–H and O–H groups in total. The van der Waals surface area contributed by atoms with Gasteiger partial charge in [0.05, 0.1) is 10.2 Å². The molecule has 9 nitrogen and oxygen atoms in total. The molecular formula is C45H47N5O4S. The number of fused-ring (bicyclic) bond motifs is 2. The first kappa shape index (κ1) is 35.6. The molecule has 10 rings (SSSR count). The summed E-state index contributed by atoms with van der Waals surface area (Å²) in [6.07, 6.45) is 7.88. The van der Waals surface area contributed by atoms with Crippen molar-refractivity contribution in [3.63, 3.8) is 0 Å². The van der Waals surface area contributed by atoms with Crippen LogP contribution in [-0.2, 0) is 17.7 Å². The largest absolute Gasteiger partial charge is 0.455 e. The van der Waals surface area contributed by atoms with E-state index in [9.17, 15) is 14.4 Å². The van der Waals surface area contributed by atoms with Crippen molar-refractivity contribution >= 4 is 50.3 Å². The summed E-state index contributed by atoms with van der Waals surface area (Å²) in [5.74, 6) is 2.01. The summed E-state index contributed by atoms with van der Waals surface area (Å²) >= 11 is 1.45. The molecule has 3 heterocycles. The van der Waals surface area contributed by atoms with E-state index in [4.69, 9.17) is 9.72 Å². The van der Waals surface area contributed by atoms with Gasteiger partial charge in [-0.1, -0.05) is 47.7 Å². The number of ether oxygens (including phenoxy) is 1. The van der Waals surface area contributed by atoms with Crippen molar-refractivity contribution in [2.75, 3.05) is 16.8 Å². The third-order valence-electron chi connectivity index (χ3n) is 12.1. The fourth-order valence-corrected chi connectivity index (χ4v) is 11.0. The second kappa shape index (κ2) is 13.6. The summed E-state index contributed by atoms with van der Waals surface area (Å²) in [6, 6.07) is 23.3. The molecule has 0 unspecified atom stereocenters. The molecule has 282 valence electrons. The summed E-state index contributed by atoms with van der Waals surface area (Å²) < 4.78 is 6.94. The maximum Gasteiger partial charge on any atom is 0.358 e. The number of hydrogen-bond acceptors (Lipinski definition) is 8. The Morgan fingerprint density at radius 2 is 1.53 bits per heavy atom. The lowest BCUT2D eigenvalue weighted by Gasteiger charge is -2.56. The lowest BCUT2D eigenvalue weighted by molar-refractivity contribution is -0.0167. The fourth-order valence-electron chi connectivity index (χ4n) is 10.1. The second-order valence-corrected chi connectivity index (χ2v) is 18.3. The van der Waals surface area contributed by atoms with Crippen molar-refractivity contribution in [1.29, 1.82) is 0 Å². The molecule has 0 saturated heterocycles. The van der Waals surface area contributed by atoms with Crippen molar-refractivity contribution in [1.82, 2.24) is 15.3 Å². The van der Waals surface area contributed by atoms with Gasteiger partial charge in [0.2, 0.25) is 0 Å². The molecular weight excluding hydrogens is 707 g/mol. The minimum Gasteiger partial charge on any atom is -0.455 e. The van der Waals surface area contributed by atoms with Crippen LogP contribution in [0.1, 0.15) is 107 Å². The zero-order chi connectivity index (χ0) is 38.1. The zero-order valence-corrected chi connectivity index (χ0v) is 32.7. The van der Waals surface area contributed by atoms with Gasteiger partial charge in [-0.25, -0.2) is 14.8 Å². The highest BCUT2D eigenvalue weighted by atomic mass is 32.1. The Labute approximate surface area is 325 Å². The number of hydrogen-bond donors (Lipinski definition) is 2. The SMILES string of the molecule is Cc1c(C(=O)NC23CC4CC(CC(C4)C2)C3)cccc1-c1ccc(N2CCc3cccc(C(=O)Nc4nc5ccccc5s4)c3C2)nc1C(=O)OC(C)(C)C. The molecule has 55 heavy (non-hydrogen) atoms. The van der Waals surface area contributed by atoms with Crippen LogP contribution >= 0.6 is 11.3 Å². The van der Waals surface area contributed by atoms with E-state index >= 15 is 0 Å². The molecule has 0 spiro atoms. The number of nitrogens with one attached hydrogen (secondary N) is 2. The van der Waals surface area contributed by atoms with E-state index in [1.165, 1.54) is 30.6 Å². The quantitative estimate of drug-likeness (QED) is 0.160. The molecule has 10 heteroatoms. The van der Waals surface area contributed by atoms with Crippen LogP contribution in [0.5, 0.6) is 0 Å². The number of carbonyl (C=O) groups is 3.